The second-order valence-electron chi connectivity index (χ2n) is 5.91. The molecule has 1 aliphatic rings. The molecule has 0 bridgehead atoms. The maximum absolute atomic E-state index is 12.3. The molecule has 9 heteroatoms. The number of likely N-dealkylation sites (tertiary alicyclic amines) is 1. The van der Waals surface area contributed by atoms with Crippen molar-refractivity contribution in [1.82, 2.24) is 9.47 Å². The molecular formula is C18H19N3O5S. The Morgan fingerprint density at radius 2 is 1.89 bits per heavy atom. The fraction of sp³-hybridized carbons (Fsp3) is 0.389. The molecule has 0 aliphatic carbocycles. The van der Waals surface area contributed by atoms with Crippen LogP contribution < -0.4 is 4.80 Å². The van der Waals surface area contributed by atoms with Crippen LogP contribution in [0.1, 0.15) is 37.0 Å². The van der Waals surface area contributed by atoms with Gasteiger partial charge in [0.25, 0.3) is 5.91 Å². The molecule has 2 aromatic rings. The summed E-state index contributed by atoms with van der Waals surface area (Å²) in [4.78, 5) is 53.0. The van der Waals surface area contributed by atoms with Gasteiger partial charge in [0.2, 0.25) is 11.8 Å². The molecule has 0 N–H and O–H groups in total. The van der Waals surface area contributed by atoms with E-state index >= 15 is 0 Å². The Kier molecular flexibility index (Phi) is 5.50. The number of rotatable bonds is 5. The fourth-order valence-electron chi connectivity index (χ4n) is 2.88. The summed E-state index contributed by atoms with van der Waals surface area (Å²) >= 11 is 1.27. The molecule has 2 heterocycles. The second-order valence-corrected chi connectivity index (χ2v) is 6.92. The molecule has 0 saturated carbocycles. The molecule has 1 fully saturated rings. The lowest BCUT2D eigenvalue weighted by molar-refractivity contribution is -0.141. The first-order valence-corrected chi connectivity index (χ1v) is 9.47. The van der Waals surface area contributed by atoms with Gasteiger partial charge < -0.3 is 9.30 Å². The highest BCUT2D eigenvalue weighted by Crippen LogP contribution is 2.20. The van der Waals surface area contributed by atoms with Crippen LogP contribution in [0.15, 0.2) is 23.2 Å². The molecule has 1 aromatic heterocycles. The number of aryl methyl sites for hydroxylation is 1. The Morgan fingerprint density at radius 1 is 1.19 bits per heavy atom. The molecule has 0 unspecified atom stereocenters. The number of hydrogen-bond donors (Lipinski definition) is 0. The molecule has 0 radical (unpaired) electrons. The number of hydrogen-bond acceptors (Lipinski definition) is 6. The predicted molar refractivity (Wildman–Crippen MR) is 98.0 cm³/mol. The number of nitrogens with zero attached hydrogens (tertiary/aromatic N) is 3. The van der Waals surface area contributed by atoms with Crippen LogP contribution in [0.25, 0.3) is 10.2 Å². The van der Waals surface area contributed by atoms with Crippen molar-refractivity contribution in [2.75, 3.05) is 13.2 Å². The lowest BCUT2D eigenvalue weighted by atomic mass is 10.2. The molecule has 1 aliphatic heterocycles. The van der Waals surface area contributed by atoms with Crippen LogP contribution in [0.3, 0.4) is 0 Å². The van der Waals surface area contributed by atoms with E-state index in [1.807, 2.05) is 11.5 Å². The number of aromatic nitrogens is 1. The Balaban J connectivity index is 1.94. The molecular weight excluding hydrogens is 370 g/mol. The van der Waals surface area contributed by atoms with Crippen LogP contribution in [0.5, 0.6) is 0 Å². The van der Waals surface area contributed by atoms with Crippen LogP contribution in [-0.4, -0.2) is 46.3 Å². The van der Waals surface area contributed by atoms with Crippen LogP contribution in [-0.2, 0) is 25.7 Å². The molecule has 3 rings (SSSR count). The summed E-state index contributed by atoms with van der Waals surface area (Å²) in [6, 6.07) is 5.17. The topological polar surface area (TPSA) is 98.0 Å². The van der Waals surface area contributed by atoms with E-state index in [1.54, 1.807) is 25.1 Å². The highest BCUT2D eigenvalue weighted by Gasteiger charge is 2.30. The molecule has 0 spiro atoms. The van der Waals surface area contributed by atoms with E-state index in [-0.39, 0.29) is 31.2 Å². The van der Waals surface area contributed by atoms with Gasteiger partial charge in [0.05, 0.1) is 22.4 Å². The zero-order valence-electron chi connectivity index (χ0n) is 15.1. The lowest BCUT2D eigenvalue weighted by Crippen LogP contribution is -2.34. The van der Waals surface area contributed by atoms with Crippen molar-refractivity contribution in [1.29, 1.82) is 0 Å². The SMILES string of the molecule is CCOC(=O)c1ccc2c(c1)sc(=NC(=O)CN1C(=O)CCC1=O)n2CC. The maximum Gasteiger partial charge on any atom is 0.338 e. The van der Waals surface area contributed by atoms with Crippen molar-refractivity contribution in [2.24, 2.45) is 4.99 Å². The highest BCUT2D eigenvalue weighted by atomic mass is 32.1. The molecule has 0 atom stereocenters. The molecule has 27 heavy (non-hydrogen) atoms. The average molecular weight is 389 g/mol. The monoisotopic (exact) mass is 389 g/mol. The van der Waals surface area contributed by atoms with Crippen molar-refractivity contribution in [2.45, 2.75) is 33.2 Å². The Morgan fingerprint density at radius 3 is 2.52 bits per heavy atom. The first-order chi connectivity index (χ1) is 12.9. The molecule has 8 nitrogen and oxygen atoms in total. The van der Waals surface area contributed by atoms with Gasteiger partial charge in [-0.3, -0.25) is 19.3 Å². The van der Waals surface area contributed by atoms with Crippen LogP contribution in [0.2, 0.25) is 0 Å². The van der Waals surface area contributed by atoms with Crippen molar-refractivity contribution in [3.05, 3.63) is 28.6 Å². The third kappa shape index (κ3) is 3.82. The van der Waals surface area contributed by atoms with E-state index < -0.39 is 11.9 Å². The third-order valence-corrected chi connectivity index (χ3v) is 5.22. The second kappa shape index (κ2) is 7.83. The van der Waals surface area contributed by atoms with E-state index in [1.165, 1.54) is 11.3 Å². The zero-order valence-corrected chi connectivity index (χ0v) is 15.9. The van der Waals surface area contributed by atoms with E-state index in [0.717, 1.165) is 15.1 Å². The van der Waals surface area contributed by atoms with Gasteiger partial charge in [-0.05, 0) is 32.0 Å². The number of ether oxygens (including phenoxy) is 1. The first kappa shape index (κ1) is 19.0. The zero-order chi connectivity index (χ0) is 19.6. The summed E-state index contributed by atoms with van der Waals surface area (Å²) in [6.45, 7) is 4.18. The minimum Gasteiger partial charge on any atom is -0.462 e. The molecule has 3 amide bonds. The van der Waals surface area contributed by atoms with Crippen molar-refractivity contribution < 1.29 is 23.9 Å². The number of carbonyl (C=O) groups is 4. The quantitative estimate of drug-likeness (QED) is 0.570. The molecule has 1 saturated heterocycles. The lowest BCUT2D eigenvalue weighted by Gasteiger charge is -2.10. The fourth-order valence-corrected chi connectivity index (χ4v) is 4.03. The van der Waals surface area contributed by atoms with Gasteiger partial charge >= 0.3 is 5.97 Å². The van der Waals surface area contributed by atoms with Gasteiger partial charge in [-0.25, -0.2) is 4.79 Å². The maximum atomic E-state index is 12.3. The summed E-state index contributed by atoms with van der Waals surface area (Å²) in [5, 5.41) is 0. The highest BCUT2D eigenvalue weighted by molar-refractivity contribution is 7.16. The molecule has 1 aromatic carbocycles. The number of amides is 3. The first-order valence-electron chi connectivity index (χ1n) is 8.65. The van der Waals surface area contributed by atoms with E-state index in [2.05, 4.69) is 4.99 Å². The normalized spacial score (nSPS) is 15.0. The minimum absolute atomic E-state index is 0.139. The van der Waals surface area contributed by atoms with Crippen molar-refractivity contribution in [3.63, 3.8) is 0 Å². The average Bonchev–Trinajstić information content (AvgIpc) is 3.14. The van der Waals surface area contributed by atoms with E-state index in [0.29, 0.717) is 23.5 Å². The van der Waals surface area contributed by atoms with Crippen molar-refractivity contribution >= 4 is 45.2 Å². The van der Waals surface area contributed by atoms with Crippen LogP contribution in [0.4, 0.5) is 0 Å². The number of carbonyl (C=O) groups excluding carboxylic acids is 4. The minimum atomic E-state index is -0.557. The summed E-state index contributed by atoms with van der Waals surface area (Å²) in [5.41, 5.74) is 1.27. The van der Waals surface area contributed by atoms with Gasteiger partial charge in [0.1, 0.15) is 6.54 Å². The summed E-state index contributed by atoms with van der Waals surface area (Å²) < 4.78 is 7.65. The summed E-state index contributed by atoms with van der Waals surface area (Å²) in [7, 11) is 0. The van der Waals surface area contributed by atoms with Gasteiger partial charge in [0.15, 0.2) is 4.80 Å². The largest absolute Gasteiger partial charge is 0.462 e. The standard InChI is InChI=1S/C18H19N3O5S/c1-3-20-12-6-5-11(17(25)26-4-2)9-13(12)27-18(20)19-14(22)10-21-15(23)7-8-16(21)24/h5-6,9H,3-4,7-8,10H2,1-2H3. The number of benzene rings is 1. The van der Waals surface area contributed by atoms with Gasteiger partial charge in [-0.15, -0.1) is 0 Å². The number of fused-ring (bicyclic) bond motifs is 1. The predicted octanol–water partition coefficient (Wildman–Crippen LogP) is 1.48. The van der Waals surface area contributed by atoms with Crippen molar-refractivity contribution in [3.8, 4) is 0 Å². The van der Waals surface area contributed by atoms with Gasteiger partial charge in [-0.1, -0.05) is 11.3 Å². The Bertz CT molecular complexity index is 988. The number of esters is 1. The van der Waals surface area contributed by atoms with E-state index in [9.17, 15) is 19.2 Å². The van der Waals surface area contributed by atoms with Gasteiger partial charge in [-0.2, -0.15) is 4.99 Å². The number of thiazole rings is 1. The van der Waals surface area contributed by atoms with Gasteiger partial charge in [0, 0.05) is 19.4 Å². The summed E-state index contributed by atoms with van der Waals surface area (Å²) in [5.74, 6) is -1.65. The Labute approximate surface area is 159 Å². The van der Waals surface area contributed by atoms with Crippen LogP contribution >= 0.6 is 11.3 Å². The summed E-state index contributed by atoms with van der Waals surface area (Å²) in [6.07, 6.45) is 0.279. The third-order valence-electron chi connectivity index (χ3n) is 4.18. The number of imide groups is 1. The smallest absolute Gasteiger partial charge is 0.338 e. The molecule has 142 valence electrons. The van der Waals surface area contributed by atoms with E-state index in [4.69, 9.17) is 4.74 Å². The van der Waals surface area contributed by atoms with Crippen LogP contribution in [0, 0.1) is 0 Å². The Hall–Kier alpha value is -2.81.